The Morgan fingerprint density at radius 3 is 2.39 bits per heavy atom. The third-order valence-corrected chi connectivity index (χ3v) is 3.36. The van der Waals surface area contributed by atoms with E-state index in [1.807, 2.05) is 44.2 Å². The lowest BCUT2D eigenvalue weighted by atomic mass is 9.82. The zero-order valence-corrected chi connectivity index (χ0v) is 14.6. The first-order valence-corrected chi connectivity index (χ1v) is 7.95. The molecule has 1 heterocycles. The maximum absolute atomic E-state index is 12.3. The summed E-state index contributed by atoms with van der Waals surface area (Å²) in [5, 5.41) is 3.09. The van der Waals surface area contributed by atoms with Gasteiger partial charge >= 0.3 is 0 Å². The molecule has 0 aliphatic rings. The molecule has 1 aromatic heterocycles. The van der Waals surface area contributed by atoms with Crippen molar-refractivity contribution in [1.29, 1.82) is 0 Å². The molecule has 4 heteroatoms. The number of nitrogens with zero attached hydrogens (tertiary/aromatic N) is 1. The summed E-state index contributed by atoms with van der Waals surface area (Å²) in [5.74, 6) is 0.509. The van der Waals surface area contributed by atoms with Gasteiger partial charge in [0.1, 0.15) is 6.26 Å². The lowest BCUT2D eigenvalue weighted by Gasteiger charge is -2.33. The summed E-state index contributed by atoms with van der Waals surface area (Å²) in [7, 11) is 0. The van der Waals surface area contributed by atoms with Crippen molar-refractivity contribution in [3.8, 4) is 11.5 Å². The number of rotatable bonds is 5. The lowest BCUT2D eigenvalue weighted by molar-refractivity contribution is -0.122. The average molecular weight is 314 g/mol. The molecule has 0 atom stereocenters. The van der Waals surface area contributed by atoms with Gasteiger partial charge in [-0.2, -0.15) is 0 Å². The van der Waals surface area contributed by atoms with Gasteiger partial charge in [-0.1, -0.05) is 39.0 Å². The number of hydrogen-bond acceptors (Lipinski definition) is 3. The molecule has 2 aromatic rings. The second-order valence-electron chi connectivity index (χ2n) is 7.86. The van der Waals surface area contributed by atoms with Gasteiger partial charge in [0, 0.05) is 11.1 Å². The van der Waals surface area contributed by atoms with E-state index in [-0.39, 0.29) is 23.3 Å². The molecule has 0 saturated carbocycles. The van der Waals surface area contributed by atoms with Gasteiger partial charge in [0.15, 0.2) is 0 Å². The van der Waals surface area contributed by atoms with Crippen molar-refractivity contribution in [1.82, 2.24) is 10.3 Å². The highest BCUT2D eigenvalue weighted by molar-refractivity contribution is 5.78. The fourth-order valence-electron chi connectivity index (χ4n) is 3.06. The summed E-state index contributed by atoms with van der Waals surface area (Å²) >= 11 is 0. The second kappa shape index (κ2) is 6.57. The second-order valence-corrected chi connectivity index (χ2v) is 7.86. The number of oxazole rings is 1. The number of amides is 1. The first-order chi connectivity index (χ1) is 10.6. The summed E-state index contributed by atoms with van der Waals surface area (Å²) in [6, 6.07) is 9.67. The van der Waals surface area contributed by atoms with Crippen LogP contribution in [0.25, 0.3) is 11.5 Å². The summed E-state index contributed by atoms with van der Waals surface area (Å²) in [6.45, 7) is 10.6. The lowest BCUT2D eigenvalue weighted by Crippen LogP contribution is -2.46. The summed E-state index contributed by atoms with van der Waals surface area (Å²) in [6.07, 6.45) is 2.68. The maximum atomic E-state index is 12.3. The van der Waals surface area contributed by atoms with Crippen molar-refractivity contribution >= 4 is 5.91 Å². The number of nitrogens with one attached hydrogen (secondary N) is 1. The van der Waals surface area contributed by atoms with E-state index in [9.17, 15) is 4.79 Å². The van der Waals surface area contributed by atoms with Crippen LogP contribution in [0, 0.1) is 5.41 Å². The standard InChI is InChI=1S/C19H26N2O2/c1-18(2,3)13-19(4,5)21-16(22)11-15-12-23-17(20-15)14-9-7-6-8-10-14/h6-10,12H,11,13H2,1-5H3,(H,21,22). The molecule has 0 radical (unpaired) electrons. The van der Waals surface area contributed by atoms with E-state index in [2.05, 4.69) is 31.1 Å². The van der Waals surface area contributed by atoms with E-state index in [1.54, 1.807) is 6.26 Å². The molecule has 1 aromatic carbocycles. The summed E-state index contributed by atoms with van der Waals surface area (Å²) in [5.41, 5.74) is 1.46. The van der Waals surface area contributed by atoms with Crippen molar-refractivity contribution in [3.63, 3.8) is 0 Å². The average Bonchev–Trinajstić information content (AvgIpc) is 2.84. The molecule has 23 heavy (non-hydrogen) atoms. The van der Waals surface area contributed by atoms with Crippen LogP contribution in [0.2, 0.25) is 0 Å². The largest absolute Gasteiger partial charge is 0.444 e. The summed E-state index contributed by atoms with van der Waals surface area (Å²) < 4.78 is 5.47. The molecular weight excluding hydrogens is 288 g/mol. The number of carbonyl (C=O) groups excluding carboxylic acids is 1. The Balaban J connectivity index is 1.97. The van der Waals surface area contributed by atoms with Crippen molar-refractivity contribution < 1.29 is 9.21 Å². The van der Waals surface area contributed by atoms with Gasteiger partial charge in [-0.15, -0.1) is 0 Å². The smallest absolute Gasteiger partial charge is 0.226 e. The Morgan fingerprint density at radius 2 is 1.78 bits per heavy atom. The van der Waals surface area contributed by atoms with Gasteiger partial charge in [0.25, 0.3) is 0 Å². The van der Waals surface area contributed by atoms with Crippen LogP contribution in [0.15, 0.2) is 41.0 Å². The molecule has 124 valence electrons. The molecule has 0 aliphatic heterocycles. The molecule has 0 bridgehead atoms. The summed E-state index contributed by atoms with van der Waals surface area (Å²) in [4.78, 5) is 16.7. The van der Waals surface area contributed by atoms with Crippen LogP contribution in [0.5, 0.6) is 0 Å². The van der Waals surface area contributed by atoms with Crippen LogP contribution in [-0.2, 0) is 11.2 Å². The Hall–Kier alpha value is -2.10. The zero-order valence-electron chi connectivity index (χ0n) is 14.6. The van der Waals surface area contributed by atoms with Crippen molar-refractivity contribution in [3.05, 3.63) is 42.3 Å². The van der Waals surface area contributed by atoms with Gasteiger partial charge in [0.2, 0.25) is 11.8 Å². The fraction of sp³-hybridized carbons (Fsp3) is 0.474. The van der Waals surface area contributed by atoms with Gasteiger partial charge in [-0.05, 0) is 37.8 Å². The van der Waals surface area contributed by atoms with E-state index in [1.165, 1.54) is 0 Å². The van der Waals surface area contributed by atoms with Crippen LogP contribution in [0.4, 0.5) is 0 Å². The normalized spacial score (nSPS) is 12.2. The quantitative estimate of drug-likeness (QED) is 0.899. The van der Waals surface area contributed by atoms with Crippen LogP contribution in [-0.4, -0.2) is 16.4 Å². The predicted molar refractivity (Wildman–Crippen MR) is 91.9 cm³/mol. The highest BCUT2D eigenvalue weighted by Gasteiger charge is 2.27. The van der Waals surface area contributed by atoms with Crippen LogP contribution < -0.4 is 5.32 Å². The number of hydrogen-bond donors (Lipinski definition) is 1. The molecular formula is C19H26N2O2. The van der Waals surface area contributed by atoms with E-state index in [0.717, 1.165) is 12.0 Å². The van der Waals surface area contributed by atoms with Crippen molar-refractivity contribution in [2.75, 3.05) is 0 Å². The van der Waals surface area contributed by atoms with Crippen LogP contribution >= 0.6 is 0 Å². The Morgan fingerprint density at radius 1 is 1.13 bits per heavy atom. The van der Waals surface area contributed by atoms with E-state index in [0.29, 0.717) is 11.6 Å². The minimum Gasteiger partial charge on any atom is -0.444 e. The van der Waals surface area contributed by atoms with Gasteiger partial charge in [-0.3, -0.25) is 4.79 Å². The molecule has 0 unspecified atom stereocenters. The predicted octanol–water partition coefficient (Wildman–Crippen LogP) is 4.22. The Labute approximate surface area is 138 Å². The molecule has 0 spiro atoms. The molecule has 4 nitrogen and oxygen atoms in total. The van der Waals surface area contributed by atoms with Crippen molar-refractivity contribution in [2.45, 2.75) is 53.0 Å². The van der Waals surface area contributed by atoms with Crippen molar-refractivity contribution in [2.24, 2.45) is 5.41 Å². The fourth-order valence-corrected chi connectivity index (χ4v) is 3.06. The van der Waals surface area contributed by atoms with Gasteiger partial charge in [-0.25, -0.2) is 4.98 Å². The molecule has 1 amide bonds. The van der Waals surface area contributed by atoms with E-state index < -0.39 is 0 Å². The highest BCUT2D eigenvalue weighted by Crippen LogP contribution is 2.27. The van der Waals surface area contributed by atoms with Crippen LogP contribution in [0.1, 0.15) is 46.7 Å². The molecule has 0 aliphatic carbocycles. The molecule has 1 N–H and O–H groups in total. The van der Waals surface area contributed by atoms with Gasteiger partial charge in [0.05, 0.1) is 12.1 Å². The minimum absolute atomic E-state index is 0.0350. The maximum Gasteiger partial charge on any atom is 0.226 e. The van der Waals surface area contributed by atoms with E-state index in [4.69, 9.17) is 4.42 Å². The first-order valence-electron chi connectivity index (χ1n) is 7.95. The SMILES string of the molecule is CC(C)(C)CC(C)(C)NC(=O)Cc1coc(-c2ccccc2)n1. The molecule has 0 saturated heterocycles. The van der Waals surface area contributed by atoms with Crippen LogP contribution in [0.3, 0.4) is 0 Å². The third kappa shape index (κ3) is 5.55. The van der Waals surface area contributed by atoms with Gasteiger partial charge < -0.3 is 9.73 Å². The Bertz CT molecular complexity index is 652. The van der Waals surface area contributed by atoms with E-state index >= 15 is 0 Å². The molecule has 0 fully saturated rings. The third-order valence-electron chi connectivity index (χ3n) is 3.36. The number of aromatic nitrogens is 1. The zero-order chi connectivity index (χ0) is 17.1. The topological polar surface area (TPSA) is 55.1 Å². The minimum atomic E-state index is -0.249. The monoisotopic (exact) mass is 314 g/mol. The molecule has 2 rings (SSSR count). The highest BCUT2D eigenvalue weighted by atomic mass is 16.3. The first kappa shape index (κ1) is 17.3. The number of carbonyl (C=O) groups is 1. The number of benzene rings is 1. The Kier molecular flexibility index (Phi) is 4.93.